The summed E-state index contributed by atoms with van der Waals surface area (Å²) in [6, 6.07) is 7.90. The van der Waals surface area contributed by atoms with E-state index >= 15 is 0 Å². The molecule has 18 heavy (non-hydrogen) atoms. The lowest BCUT2D eigenvalue weighted by atomic mass is 9.96. The van der Waals surface area contributed by atoms with E-state index in [-0.39, 0.29) is 18.2 Å². The lowest BCUT2D eigenvalue weighted by Crippen LogP contribution is -2.00. The van der Waals surface area contributed by atoms with E-state index in [1.54, 1.807) is 12.1 Å². The van der Waals surface area contributed by atoms with Gasteiger partial charge in [0.25, 0.3) is 0 Å². The second kappa shape index (κ2) is 4.86. The Morgan fingerprint density at radius 3 is 2.33 bits per heavy atom. The Kier molecular flexibility index (Phi) is 3.43. The number of hydrogen-bond donors (Lipinski definition) is 1. The van der Waals surface area contributed by atoms with Gasteiger partial charge in [-0.15, -0.1) is 0 Å². The molecule has 2 N–H and O–H groups in total. The van der Waals surface area contributed by atoms with Crippen molar-refractivity contribution in [1.29, 1.82) is 0 Å². The number of halogens is 2. The van der Waals surface area contributed by atoms with E-state index in [0.717, 1.165) is 11.1 Å². The molecule has 2 rings (SSSR count). The number of hydrogen-bond acceptors (Lipinski definition) is 1. The predicted octanol–water partition coefficient (Wildman–Crippen LogP) is 3.71. The first-order chi connectivity index (χ1) is 8.52. The van der Waals surface area contributed by atoms with Gasteiger partial charge in [-0.1, -0.05) is 12.1 Å². The van der Waals surface area contributed by atoms with E-state index in [4.69, 9.17) is 5.73 Å². The molecule has 0 aliphatic rings. The number of nitrogens with two attached hydrogens (primary N) is 1. The predicted molar refractivity (Wildman–Crippen MR) is 69.2 cm³/mol. The minimum absolute atomic E-state index is 0.103. The second-order valence-electron chi connectivity index (χ2n) is 4.45. The van der Waals surface area contributed by atoms with E-state index in [2.05, 4.69) is 0 Å². The van der Waals surface area contributed by atoms with Crippen LogP contribution in [0.4, 0.5) is 8.78 Å². The van der Waals surface area contributed by atoms with Crippen molar-refractivity contribution in [2.24, 2.45) is 5.73 Å². The summed E-state index contributed by atoms with van der Waals surface area (Å²) < 4.78 is 27.4. The van der Waals surface area contributed by atoms with Crippen LogP contribution in [0.3, 0.4) is 0 Å². The summed E-state index contributed by atoms with van der Waals surface area (Å²) >= 11 is 0. The maximum atomic E-state index is 14.0. The summed E-state index contributed by atoms with van der Waals surface area (Å²) in [7, 11) is 0. The van der Waals surface area contributed by atoms with Crippen molar-refractivity contribution in [3.63, 3.8) is 0 Å². The van der Waals surface area contributed by atoms with Crippen LogP contribution in [-0.4, -0.2) is 0 Å². The molecule has 2 aromatic rings. The first kappa shape index (κ1) is 12.7. The first-order valence-corrected chi connectivity index (χ1v) is 5.78. The largest absolute Gasteiger partial charge is 0.326 e. The smallest absolute Gasteiger partial charge is 0.131 e. The molecule has 0 aromatic heterocycles. The van der Waals surface area contributed by atoms with Gasteiger partial charge in [-0.05, 0) is 48.7 Å². The van der Waals surface area contributed by atoms with Gasteiger partial charge in [0.05, 0.1) is 0 Å². The van der Waals surface area contributed by atoms with Gasteiger partial charge >= 0.3 is 0 Å². The van der Waals surface area contributed by atoms with Crippen LogP contribution in [0.15, 0.2) is 30.3 Å². The summed E-state index contributed by atoms with van der Waals surface area (Å²) in [5, 5.41) is 0. The average Bonchev–Trinajstić information content (AvgIpc) is 2.30. The van der Waals surface area contributed by atoms with E-state index in [1.165, 1.54) is 12.1 Å². The molecule has 3 heteroatoms. The monoisotopic (exact) mass is 247 g/mol. The third-order valence-corrected chi connectivity index (χ3v) is 2.99. The van der Waals surface area contributed by atoms with E-state index in [1.807, 2.05) is 19.9 Å². The van der Waals surface area contributed by atoms with Crippen LogP contribution in [0.2, 0.25) is 0 Å². The fraction of sp³-hybridized carbons (Fsp3) is 0.200. The molecule has 1 nitrogen and oxygen atoms in total. The van der Waals surface area contributed by atoms with Crippen LogP contribution in [-0.2, 0) is 6.54 Å². The Bertz CT molecular complexity index is 568. The lowest BCUT2D eigenvalue weighted by molar-refractivity contribution is 0.610. The number of rotatable bonds is 2. The summed E-state index contributed by atoms with van der Waals surface area (Å²) in [6.45, 7) is 3.79. The molecule has 0 saturated carbocycles. The first-order valence-electron chi connectivity index (χ1n) is 5.78. The van der Waals surface area contributed by atoms with Gasteiger partial charge in [0.15, 0.2) is 0 Å². The Hall–Kier alpha value is -1.74. The van der Waals surface area contributed by atoms with E-state index < -0.39 is 0 Å². The molecule has 2 aromatic carbocycles. The topological polar surface area (TPSA) is 26.0 Å². The van der Waals surface area contributed by atoms with Crippen LogP contribution in [0, 0.1) is 25.5 Å². The van der Waals surface area contributed by atoms with Gasteiger partial charge in [0.2, 0.25) is 0 Å². The SMILES string of the molecule is Cc1cc(C)c(-c2ccc(F)c(CN)c2)c(F)c1. The molecule has 0 heterocycles. The molecule has 0 aliphatic heterocycles. The Morgan fingerprint density at radius 2 is 1.72 bits per heavy atom. The minimum atomic E-state index is -0.355. The third-order valence-electron chi connectivity index (χ3n) is 2.99. The Balaban J connectivity index is 2.62. The second-order valence-corrected chi connectivity index (χ2v) is 4.45. The van der Waals surface area contributed by atoms with Crippen LogP contribution >= 0.6 is 0 Å². The molecule has 0 saturated heterocycles. The van der Waals surface area contributed by atoms with Crippen molar-refractivity contribution in [2.75, 3.05) is 0 Å². The van der Waals surface area contributed by atoms with Gasteiger partial charge in [0, 0.05) is 17.7 Å². The third kappa shape index (κ3) is 2.27. The molecular weight excluding hydrogens is 232 g/mol. The molecular formula is C15H15F2N. The highest BCUT2D eigenvalue weighted by molar-refractivity contribution is 5.69. The van der Waals surface area contributed by atoms with Gasteiger partial charge < -0.3 is 5.73 Å². The molecule has 0 spiro atoms. The van der Waals surface area contributed by atoms with Crippen molar-refractivity contribution >= 4 is 0 Å². The van der Waals surface area contributed by atoms with Crippen molar-refractivity contribution in [3.8, 4) is 11.1 Å². The van der Waals surface area contributed by atoms with Crippen molar-refractivity contribution in [3.05, 3.63) is 58.7 Å². The average molecular weight is 247 g/mol. The number of benzene rings is 2. The quantitative estimate of drug-likeness (QED) is 0.860. The van der Waals surface area contributed by atoms with Crippen LogP contribution < -0.4 is 5.73 Å². The standard InChI is InChI=1S/C15H15F2N/c1-9-5-10(2)15(14(17)6-9)11-3-4-13(16)12(7-11)8-18/h3-7H,8,18H2,1-2H3. The van der Waals surface area contributed by atoms with Crippen molar-refractivity contribution in [2.45, 2.75) is 20.4 Å². The van der Waals surface area contributed by atoms with Gasteiger partial charge in [-0.25, -0.2) is 8.78 Å². The molecule has 0 fully saturated rings. The summed E-state index contributed by atoms with van der Waals surface area (Å²) in [6.07, 6.45) is 0. The fourth-order valence-electron chi connectivity index (χ4n) is 2.17. The van der Waals surface area contributed by atoms with Crippen LogP contribution in [0.25, 0.3) is 11.1 Å². The van der Waals surface area contributed by atoms with Crippen molar-refractivity contribution in [1.82, 2.24) is 0 Å². The summed E-state index contributed by atoms with van der Waals surface area (Å²) in [5.41, 5.74) is 8.73. The molecule has 0 atom stereocenters. The number of aryl methyl sites for hydroxylation is 2. The highest BCUT2D eigenvalue weighted by atomic mass is 19.1. The minimum Gasteiger partial charge on any atom is -0.326 e. The zero-order valence-electron chi connectivity index (χ0n) is 10.4. The molecule has 0 radical (unpaired) electrons. The van der Waals surface area contributed by atoms with Gasteiger partial charge in [-0.2, -0.15) is 0 Å². The fourth-order valence-corrected chi connectivity index (χ4v) is 2.17. The normalized spacial score (nSPS) is 10.7. The zero-order valence-corrected chi connectivity index (χ0v) is 10.4. The van der Waals surface area contributed by atoms with Gasteiger partial charge in [-0.3, -0.25) is 0 Å². The van der Waals surface area contributed by atoms with E-state index in [9.17, 15) is 8.78 Å². The molecule has 0 amide bonds. The van der Waals surface area contributed by atoms with Crippen LogP contribution in [0.1, 0.15) is 16.7 Å². The molecule has 0 aliphatic carbocycles. The maximum Gasteiger partial charge on any atom is 0.131 e. The molecule has 0 unspecified atom stereocenters. The highest BCUT2D eigenvalue weighted by Crippen LogP contribution is 2.29. The summed E-state index contributed by atoms with van der Waals surface area (Å²) in [4.78, 5) is 0. The van der Waals surface area contributed by atoms with Gasteiger partial charge in [0.1, 0.15) is 11.6 Å². The molecule has 94 valence electrons. The zero-order chi connectivity index (χ0) is 13.3. The molecule has 0 bridgehead atoms. The maximum absolute atomic E-state index is 14.0. The highest BCUT2D eigenvalue weighted by Gasteiger charge is 2.11. The lowest BCUT2D eigenvalue weighted by Gasteiger charge is -2.10. The summed E-state index contributed by atoms with van der Waals surface area (Å²) in [5.74, 6) is -0.645. The van der Waals surface area contributed by atoms with E-state index in [0.29, 0.717) is 16.7 Å². The Morgan fingerprint density at radius 1 is 1.00 bits per heavy atom. The van der Waals surface area contributed by atoms with Crippen LogP contribution in [0.5, 0.6) is 0 Å². The Labute approximate surface area is 105 Å². The van der Waals surface area contributed by atoms with Crippen molar-refractivity contribution < 1.29 is 8.78 Å².